The lowest BCUT2D eigenvalue weighted by atomic mass is 9.98. The van der Waals surface area contributed by atoms with Gasteiger partial charge in [0.25, 0.3) is 0 Å². The van der Waals surface area contributed by atoms with Crippen LogP contribution in [0, 0.1) is 0 Å². The minimum absolute atomic E-state index is 1.14. The van der Waals surface area contributed by atoms with Crippen LogP contribution >= 0.6 is 22.7 Å². The maximum Gasteiger partial charge on any atom is 0.0640 e. The number of hydrogen-bond donors (Lipinski definition) is 0. The van der Waals surface area contributed by atoms with Crippen molar-refractivity contribution in [2.24, 2.45) is 0 Å². The summed E-state index contributed by atoms with van der Waals surface area (Å²) >= 11 is 3.75. The van der Waals surface area contributed by atoms with Gasteiger partial charge in [-0.25, -0.2) is 0 Å². The highest BCUT2D eigenvalue weighted by molar-refractivity contribution is 7.26. The molecular formula is C44H27NS2. The van der Waals surface area contributed by atoms with Gasteiger partial charge in [-0.3, -0.25) is 0 Å². The van der Waals surface area contributed by atoms with Gasteiger partial charge in [0.15, 0.2) is 0 Å². The Bertz CT molecular complexity index is 2800. The van der Waals surface area contributed by atoms with Gasteiger partial charge in [-0.05, 0) is 75.8 Å². The van der Waals surface area contributed by atoms with Crippen molar-refractivity contribution in [1.29, 1.82) is 0 Å². The number of rotatable bonds is 4. The predicted octanol–water partition coefficient (Wildman–Crippen LogP) is 13.9. The SMILES string of the molecule is c1ccc2c(-c3ccc(N(c4cccc5cc6sc7ccccc7c6cc45)c4cccc5c4sc4ccccc45)cc3)cccc2c1. The summed E-state index contributed by atoms with van der Waals surface area (Å²) in [6.07, 6.45) is 0. The normalized spacial score (nSPS) is 11.8. The maximum absolute atomic E-state index is 2.48. The number of anilines is 3. The van der Waals surface area contributed by atoms with Gasteiger partial charge in [-0.15, -0.1) is 22.7 Å². The molecule has 1 nitrogen and oxygen atoms in total. The average Bonchev–Trinajstić information content (AvgIpc) is 3.69. The topological polar surface area (TPSA) is 3.24 Å². The third-order valence-corrected chi connectivity index (χ3v) is 11.8. The third kappa shape index (κ3) is 4.21. The molecule has 0 bridgehead atoms. The van der Waals surface area contributed by atoms with Crippen LogP contribution in [0.3, 0.4) is 0 Å². The largest absolute Gasteiger partial charge is 0.308 e. The molecule has 0 spiro atoms. The fraction of sp³-hybridized carbons (Fsp3) is 0. The first-order valence-corrected chi connectivity index (χ1v) is 17.6. The highest BCUT2D eigenvalue weighted by Gasteiger charge is 2.21. The van der Waals surface area contributed by atoms with E-state index in [1.54, 1.807) is 0 Å². The van der Waals surface area contributed by atoms with Crippen LogP contribution in [0.5, 0.6) is 0 Å². The summed E-state index contributed by atoms with van der Waals surface area (Å²) in [6, 6.07) is 60.2. The van der Waals surface area contributed by atoms with E-state index in [0.29, 0.717) is 0 Å². The number of hydrogen-bond acceptors (Lipinski definition) is 3. The zero-order valence-corrected chi connectivity index (χ0v) is 27.0. The zero-order chi connectivity index (χ0) is 30.9. The van der Waals surface area contributed by atoms with E-state index in [9.17, 15) is 0 Å². The molecule has 0 unspecified atom stereocenters. The maximum atomic E-state index is 2.48. The molecule has 0 saturated heterocycles. The van der Waals surface area contributed by atoms with Crippen molar-refractivity contribution in [3.63, 3.8) is 0 Å². The molecule has 0 atom stereocenters. The number of nitrogens with zero attached hydrogens (tertiary/aromatic N) is 1. The van der Waals surface area contributed by atoms with Crippen molar-refractivity contribution in [2.45, 2.75) is 0 Å². The number of benzene rings is 8. The van der Waals surface area contributed by atoms with E-state index in [4.69, 9.17) is 0 Å². The standard InChI is InChI=1S/C44H27NS2/c1-2-13-32-28(10-1)11-7-16-33(32)29-22-24-31(25-23-29)45(40-19-9-17-36-34-14-3-6-21-42(34)47-44(36)40)39-18-8-12-30-26-43-38(27-37(30)39)35-15-4-5-20-41(35)46-43/h1-27H. The lowest BCUT2D eigenvalue weighted by molar-refractivity contribution is 1.32. The van der Waals surface area contributed by atoms with Crippen molar-refractivity contribution in [1.82, 2.24) is 0 Å². The summed E-state index contributed by atoms with van der Waals surface area (Å²) < 4.78 is 5.26. The Morgan fingerprint density at radius 3 is 1.83 bits per heavy atom. The first kappa shape index (κ1) is 26.7. The van der Waals surface area contributed by atoms with E-state index in [0.717, 1.165) is 5.69 Å². The minimum Gasteiger partial charge on any atom is -0.308 e. The van der Waals surface area contributed by atoms with Gasteiger partial charge in [-0.1, -0.05) is 115 Å². The summed E-state index contributed by atoms with van der Waals surface area (Å²) in [5.74, 6) is 0. The molecule has 0 N–H and O–H groups in total. The van der Waals surface area contributed by atoms with Crippen molar-refractivity contribution in [3.8, 4) is 11.1 Å². The Morgan fingerprint density at radius 2 is 0.979 bits per heavy atom. The molecule has 220 valence electrons. The molecule has 0 fully saturated rings. The van der Waals surface area contributed by atoms with Crippen LogP contribution in [0.2, 0.25) is 0 Å². The molecule has 2 heterocycles. The van der Waals surface area contributed by atoms with Crippen molar-refractivity contribution >= 4 is 102 Å². The van der Waals surface area contributed by atoms with E-state index in [1.165, 1.54) is 84.4 Å². The van der Waals surface area contributed by atoms with Crippen LogP contribution < -0.4 is 4.90 Å². The molecule has 0 saturated carbocycles. The van der Waals surface area contributed by atoms with Crippen molar-refractivity contribution in [2.75, 3.05) is 4.90 Å². The summed E-state index contributed by atoms with van der Waals surface area (Å²) in [7, 11) is 0. The molecule has 0 aliphatic carbocycles. The lowest BCUT2D eigenvalue weighted by Crippen LogP contribution is -2.10. The summed E-state index contributed by atoms with van der Waals surface area (Å²) in [5.41, 5.74) is 5.99. The number of fused-ring (bicyclic) bond motifs is 8. The predicted molar refractivity (Wildman–Crippen MR) is 207 cm³/mol. The Kier molecular flexibility index (Phi) is 5.98. The van der Waals surface area contributed by atoms with Crippen LogP contribution in [0.4, 0.5) is 17.1 Å². The Balaban J connectivity index is 1.23. The van der Waals surface area contributed by atoms with E-state index in [2.05, 4.69) is 169 Å². The van der Waals surface area contributed by atoms with Gasteiger partial charge in [0, 0.05) is 46.7 Å². The van der Waals surface area contributed by atoms with Crippen LogP contribution in [-0.2, 0) is 0 Å². The minimum atomic E-state index is 1.14. The second-order valence-electron chi connectivity index (χ2n) is 12.1. The zero-order valence-electron chi connectivity index (χ0n) is 25.4. The van der Waals surface area contributed by atoms with Crippen LogP contribution in [0.15, 0.2) is 164 Å². The lowest BCUT2D eigenvalue weighted by Gasteiger charge is -2.27. The summed E-state index contributed by atoms with van der Waals surface area (Å²) in [5, 5.41) is 10.3. The highest BCUT2D eigenvalue weighted by atomic mass is 32.1. The second kappa shape index (κ2) is 10.5. The Morgan fingerprint density at radius 1 is 0.362 bits per heavy atom. The second-order valence-corrected chi connectivity index (χ2v) is 14.2. The molecular weight excluding hydrogens is 607 g/mol. The third-order valence-electron chi connectivity index (χ3n) is 9.45. The molecule has 0 radical (unpaired) electrons. The smallest absolute Gasteiger partial charge is 0.0640 e. The average molecular weight is 634 g/mol. The summed E-state index contributed by atoms with van der Waals surface area (Å²) in [6.45, 7) is 0. The van der Waals surface area contributed by atoms with Crippen LogP contribution in [0.25, 0.3) is 73.0 Å². The quantitative estimate of drug-likeness (QED) is 0.186. The summed E-state index contributed by atoms with van der Waals surface area (Å²) in [4.78, 5) is 2.48. The molecule has 10 rings (SSSR count). The van der Waals surface area contributed by atoms with Gasteiger partial charge in [0.2, 0.25) is 0 Å². The van der Waals surface area contributed by atoms with E-state index < -0.39 is 0 Å². The molecule has 0 amide bonds. The van der Waals surface area contributed by atoms with Gasteiger partial charge in [-0.2, -0.15) is 0 Å². The number of thiophene rings is 2. The monoisotopic (exact) mass is 633 g/mol. The Labute approximate surface area is 280 Å². The van der Waals surface area contributed by atoms with Crippen LogP contribution in [0.1, 0.15) is 0 Å². The highest BCUT2D eigenvalue weighted by Crippen LogP contribution is 2.47. The van der Waals surface area contributed by atoms with Gasteiger partial charge in [0.1, 0.15) is 0 Å². The molecule has 0 aliphatic rings. The van der Waals surface area contributed by atoms with Crippen molar-refractivity contribution in [3.05, 3.63) is 164 Å². The molecule has 0 aliphatic heterocycles. The van der Waals surface area contributed by atoms with Crippen molar-refractivity contribution < 1.29 is 0 Å². The Hall–Kier alpha value is -5.48. The fourth-order valence-electron chi connectivity index (χ4n) is 7.26. The fourth-order valence-corrected chi connectivity index (χ4v) is 9.60. The first-order chi connectivity index (χ1) is 23.3. The van der Waals surface area contributed by atoms with E-state index in [1.807, 2.05) is 22.7 Å². The van der Waals surface area contributed by atoms with E-state index in [-0.39, 0.29) is 0 Å². The van der Waals surface area contributed by atoms with Gasteiger partial charge >= 0.3 is 0 Å². The molecule has 10 aromatic rings. The molecule has 2 aromatic heterocycles. The van der Waals surface area contributed by atoms with Gasteiger partial charge in [0.05, 0.1) is 16.1 Å². The molecule has 47 heavy (non-hydrogen) atoms. The van der Waals surface area contributed by atoms with Crippen LogP contribution in [-0.4, -0.2) is 0 Å². The molecule has 8 aromatic carbocycles. The first-order valence-electron chi connectivity index (χ1n) is 15.9. The van der Waals surface area contributed by atoms with E-state index >= 15 is 0 Å². The van der Waals surface area contributed by atoms with Gasteiger partial charge < -0.3 is 4.90 Å². The molecule has 3 heteroatoms.